The number of hydrogen-bond acceptors (Lipinski definition) is 7. The summed E-state index contributed by atoms with van der Waals surface area (Å²) < 4.78 is 22.7. The van der Waals surface area contributed by atoms with Gasteiger partial charge in [-0.05, 0) is 65.8 Å². The van der Waals surface area contributed by atoms with E-state index in [0.29, 0.717) is 34.0 Å². The highest BCUT2D eigenvalue weighted by molar-refractivity contribution is 6.33. The van der Waals surface area contributed by atoms with Crippen molar-refractivity contribution in [2.45, 2.75) is 59.3 Å². The fraction of sp³-hybridized carbons (Fsp3) is 0.346. The molecule has 0 atom stereocenters. The zero-order chi connectivity index (χ0) is 26.4. The van der Waals surface area contributed by atoms with Crippen molar-refractivity contribution in [2.75, 3.05) is 5.32 Å². The maximum atomic E-state index is 15.3. The van der Waals surface area contributed by atoms with Gasteiger partial charge in [-0.15, -0.1) is 0 Å². The maximum Gasteiger partial charge on any atom is 0.227 e. The third-order valence-electron chi connectivity index (χ3n) is 5.44. The standard InChI is InChI=1S/C26H29ClFN5O3/c1-13(2)33-19-11-15(10-17(28)22(19)31-24(33)26(5,6)35)21-16(27)12-29-25(32-21)30-18-8-7-9-20(23(18)34)36-14(3)4/h7-14,34-35H,1-6H3,(H,29,30,32). The van der Waals surface area contributed by atoms with Gasteiger partial charge in [0.05, 0.1) is 34.2 Å². The molecule has 36 heavy (non-hydrogen) atoms. The highest BCUT2D eigenvalue weighted by Gasteiger charge is 2.28. The van der Waals surface area contributed by atoms with Crippen LogP contribution in [0.1, 0.15) is 53.4 Å². The lowest BCUT2D eigenvalue weighted by molar-refractivity contribution is 0.0641. The molecule has 4 aromatic rings. The number of hydrogen-bond donors (Lipinski definition) is 3. The molecule has 0 radical (unpaired) electrons. The summed E-state index contributed by atoms with van der Waals surface area (Å²) >= 11 is 6.42. The van der Waals surface area contributed by atoms with Crippen molar-refractivity contribution in [1.82, 2.24) is 19.5 Å². The topological polar surface area (TPSA) is 105 Å². The van der Waals surface area contributed by atoms with Gasteiger partial charge in [0.2, 0.25) is 5.95 Å². The van der Waals surface area contributed by atoms with Crippen LogP contribution in [-0.4, -0.2) is 35.8 Å². The van der Waals surface area contributed by atoms with Gasteiger partial charge in [-0.3, -0.25) is 0 Å². The number of nitrogens with one attached hydrogen (secondary N) is 1. The summed E-state index contributed by atoms with van der Waals surface area (Å²) in [5.41, 5.74) is 0.453. The number of ether oxygens (including phenoxy) is 1. The lowest BCUT2D eigenvalue weighted by atomic mass is 10.1. The third kappa shape index (κ3) is 4.94. The Kier molecular flexibility index (Phi) is 6.81. The van der Waals surface area contributed by atoms with E-state index in [2.05, 4.69) is 20.3 Å². The molecule has 8 nitrogen and oxygen atoms in total. The number of phenolic OH excluding ortho intramolecular Hbond substituents is 1. The molecule has 3 N–H and O–H groups in total. The fourth-order valence-corrected chi connectivity index (χ4v) is 4.17. The minimum Gasteiger partial charge on any atom is -0.503 e. The molecule has 0 saturated heterocycles. The van der Waals surface area contributed by atoms with Gasteiger partial charge in [0.1, 0.15) is 16.9 Å². The number of benzene rings is 2. The van der Waals surface area contributed by atoms with E-state index in [-0.39, 0.29) is 34.4 Å². The van der Waals surface area contributed by atoms with Crippen LogP contribution in [-0.2, 0) is 5.60 Å². The van der Waals surface area contributed by atoms with Crippen LogP contribution in [0.3, 0.4) is 0 Å². The molecule has 0 spiro atoms. The molecule has 2 aromatic carbocycles. The zero-order valence-electron chi connectivity index (χ0n) is 21.0. The van der Waals surface area contributed by atoms with Gasteiger partial charge in [0.15, 0.2) is 17.3 Å². The van der Waals surface area contributed by atoms with Crippen LogP contribution < -0.4 is 10.1 Å². The number of nitrogens with zero attached hydrogens (tertiary/aromatic N) is 4. The Morgan fingerprint density at radius 1 is 1.14 bits per heavy atom. The van der Waals surface area contributed by atoms with E-state index in [1.54, 1.807) is 42.7 Å². The van der Waals surface area contributed by atoms with Crippen molar-refractivity contribution < 1.29 is 19.3 Å². The van der Waals surface area contributed by atoms with Crippen LogP contribution in [0.15, 0.2) is 36.5 Å². The largest absolute Gasteiger partial charge is 0.503 e. The average Bonchev–Trinajstić information content (AvgIpc) is 3.18. The van der Waals surface area contributed by atoms with Crippen molar-refractivity contribution in [3.8, 4) is 22.8 Å². The second kappa shape index (κ2) is 9.55. The number of imidazole rings is 1. The van der Waals surface area contributed by atoms with Crippen molar-refractivity contribution in [2.24, 2.45) is 0 Å². The van der Waals surface area contributed by atoms with E-state index in [4.69, 9.17) is 16.3 Å². The highest BCUT2D eigenvalue weighted by Crippen LogP contribution is 2.37. The van der Waals surface area contributed by atoms with E-state index in [9.17, 15) is 10.2 Å². The van der Waals surface area contributed by atoms with E-state index < -0.39 is 11.4 Å². The van der Waals surface area contributed by atoms with Crippen molar-refractivity contribution >= 4 is 34.3 Å². The summed E-state index contributed by atoms with van der Waals surface area (Å²) in [5.74, 6) is 0.188. The first-order valence-corrected chi connectivity index (χ1v) is 12.0. The third-order valence-corrected chi connectivity index (χ3v) is 5.71. The smallest absolute Gasteiger partial charge is 0.227 e. The number of halogens is 2. The molecular formula is C26H29ClFN5O3. The Bertz CT molecular complexity index is 1430. The van der Waals surface area contributed by atoms with Gasteiger partial charge in [-0.25, -0.2) is 19.3 Å². The second-order valence-corrected chi connectivity index (χ2v) is 10.0. The summed E-state index contributed by atoms with van der Waals surface area (Å²) in [7, 11) is 0. The van der Waals surface area contributed by atoms with Crippen molar-refractivity contribution in [1.29, 1.82) is 0 Å². The number of aromatic hydroxyl groups is 1. The van der Waals surface area contributed by atoms with Crippen LogP contribution in [0.5, 0.6) is 11.5 Å². The van der Waals surface area contributed by atoms with E-state index >= 15 is 4.39 Å². The predicted molar refractivity (Wildman–Crippen MR) is 139 cm³/mol. The molecule has 0 bridgehead atoms. The van der Waals surface area contributed by atoms with Gasteiger partial charge < -0.3 is 24.8 Å². The minimum atomic E-state index is -1.27. The van der Waals surface area contributed by atoms with Gasteiger partial charge in [0.25, 0.3) is 0 Å². The Morgan fingerprint density at radius 3 is 2.50 bits per heavy atom. The minimum absolute atomic E-state index is 0.0845. The molecule has 0 aliphatic heterocycles. The molecule has 0 saturated carbocycles. The summed E-state index contributed by atoms with van der Waals surface area (Å²) in [6.07, 6.45) is 1.28. The SMILES string of the molecule is CC(C)Oc1cccc(Nc2ncc(Cl)c(-c3cc(F)c4nc(C(C)(C)O)n(C(C)C)c4c3)n2)c1O. The number of fused-ring (bicyclic) bond motifs is 1. The first-order valence-electron chi connectivity index (χ1n) is 11.6. The summed E-state index contributed by atoms with van der Waals surface area (Å²) in [6.45, 7) is 10.8. The molecular weight excluding hydrogens is 485 g/mol. The van der Waals surface area contributed by atoms with Crippen LogP contribution in [0.2, 0.25) is 5.02 Å². The zero-order valence-corrected chi connectivity index (χ0v) is 21.7. The molecule has 0 unspecified atom stereocenters. The van der Waals surface area contributed by atoms with Gasteiger partial charge in [0, 0.05) is 11.6 Å². The number of anilines is 2. The number of aromatic nitrogens is 4. The van der Waals surface area contributed by atoms with E-state index in [1.807, 2.05) is 27.7 Å². The number of rotatable bonds is 7. The van der Waals surface area contributed by atoms with Crippen molar-refractivity contribution in [3.05, 3.63) is 53.2 Å². The average molecular weight is 514 g/mol. The number of para-hydroxylation sites is 1. The first kappa shape index (κ1) is 25.7. The van der Waals surface area contributed by atoms with Crippen LogP contribution >= 0.6 is 11.6 Å². The molecule has 0 aliphatic rings. The molecule has 2 heterocycles. The first-order chi connectivity index (χ1) is 16.9. The quantitative estimate of drug-likeness (QED) is 0.248. The molecule has 0 aliphatic carbocycles. The molecule has 0 fully saturated rings. The van der Waals surface area contributed by atoms with E-state index in [1.165, 1.54) is 12.3 Å². The predicted octanol–water partition coefficient (Wildman–Crippen LogP) is 6.33. The number of aliphatic hydroxyl groups is 1. The molecule has 10 heteroatoms. The molecule has 2 aromatic heterocycles. The molecule has 0 amide bonds. The Labute approximate surface area is 213 Å². The molecule has 190 valence electrons. The van der Waals surface area contributed by atoms with Gasteiger partial charge >= 0.3 is 0 Å². The van der Waals surface area contributed by atoms with Crippen LogP contribution in [0.4, 0.5) is 16.0 Å². The lowest BCUT2D eigenvalue weighted by Gasteiger charge is -2.21. The van der Waals surface area contributed by atoms with Crippen LogP contribution in [0.25, 0.3) is 22.3 Å². The maximum absolute atomic E-state index is 15.3. The number of phenols is 1. The Balaban J connectivity index is 1.80. The summed E-state index contributed by atoms with van der Waals surface area (Å²) in [4.78, 5) is 13.1. The highest BCUT2D eigenvalue weighted by atomic mass is 35.5. The van der Waals surface area contributed by atoms with E-state index in [0.717, 1.165) is 0 Å². The lowest BCUT2D eigenvalue weighted by Crippen LogP contribution is -2.23. The van der Waals surface area contributed by atoms with Crippen LogP contribution in [0, 0.1) is 5.82 Å². The summed E-state index contributed by atoms with van der Waals surface area (Å²) in [5, 5.41) is 24.4. The summed E-state index contributed by atoms with van der Waals surface area (Å²) in [6, 6.07) is 8.01. The normalized spacial score (nSPS) is 12.1. The van der Waals surface area contributed by atoms with Gasteiger partial charge in [-0.2, -0.15) is 0 Å². The Hall–Kier alpha value is -3.43. The second-order valence-electron chi connectivity index (χ2n) is 9.62. The fourth-order valence-electron chi connectivity index (χ4n) is 3.97. The van der Waals surface area contributed by atoms with Crippen molar-refractivity contribution in [3.63, 3.8) is 0 Å². The van der Waals surface area contributed by atoms with Gasteiger partial charge in [-0.1, -0.05) is 17.7 Å². The molecule has 4 rings (SSSR count). The Morgan fingerprint density at radius 2 is 1.86 bits per heavy atom. The monoisotopic (exact) mass is 513 g/mol.